The van der Waals surface area contributed by atoms with Gasteiger partial charge in [-0.1, -0.05) is 19.9 Å². The zero-order valence-corrected chi connectivity index (χ0v) is 23.7. The van der Waals surface area contributed by atoms with E-state index in [1.54, 1.807) is 0 Å². The standard InChI is InChI=1S/C29H39F2N7O2/c1-5-7-22-23(36-15-21(16-36)34-8-10-35(11-9-34)25(39)6-2)12-24(33-26(22)28(30)31)37-17-29(18-37)27-19(3)13-32-38(27)14-20(4)40-29/h6,12-13,20-21,28H,2,5,7-11,14-18H2,1,3-4H3. The summed E-state index contributed by atoms with van der Waals surface area (Å²) >= 11 is 0. The fourth-order valence-corrected chi connectivity index (χ4v) is 6.90. The number of fused-ring (bicyclic) bond motifs is 2. The Morgan fingerprint density at radius 1 is 1.20 bits per heavy atom. The maximum absolute atomic E-state index is 14.4. The summed E-state index contributed by atoms with van der Waals surface area (Å²) in [5.41, 5.74) is 3.11. The smallest absolute Gasteiger partial charge is 0.280 e. The van der Waals surface area contributed by atoms with Gasteiger partial charge in [-0.2, -0.15) is 5.10 Å². The fraction of sp³-hybridized carbons (Fsp3) is 0.621. The monoisotopic (exact) mass is 555 g/mol. The van der Waals surface area contributed by atoms with Crippen LogP contribution in [0.5, 0.6) is 0 Å². The molecule has 1 unspecified atom stereocenters. The molecule has 6 heterocycles. The fourth-order valence-electron chi connectivity index (χ4n) is 6.90. The molecule has 0 aliphatic carbocycles. The van der Waals surface area contributed by atoms with Gasteiger partial charge >= 0.3 is 0 Å². The number of carbonyl (C=O) groups is 1. The average Bonchev–Trinajstić information content (AvgIpc) is 3.27. The molecule has 2 aromatic heterocycles. The number of piperazine rings is 1. The normalized spacial score (nSPS) is 22.9. The molecule has 3 saturated heterocycles. The molecule has 40 heavy (non-hydrogen) atoms. The molecule has 1 amide bonds. The maximum Gasteiger partial charge on any atom is 0.280 e. The number of pyridine rings is 1. The van der Waals surface area contributed by atoms with E-state index in [0.717, 1.165) is 49.5 Å². The van der Waals surface area contributed by atoms with Gasteiger partial charge in [-0.15, -0.1) is 0 Å². The van der Waals surface area contributed by atoms with Crippen molar-refractivity contribution in [2.24, 2.45) is 0 Å². The minimum absolute atomic E-state index is 0.0239. The Labute approximate surface area is 234 Å². The van der Waals surface area contributed by atoms with Crippen LogP contribution in [0.15, 0.2) is 24.9 Å². The number of aromatic nitrogens is 3. The summed E-state index contributed by atoms with van der Waals surface area (Å²) in [6, 6.07) is 2.35. The van der Waals surface area contributed by atoms with Crippen molar-refractivity contribution in [1.82, 2.24) is 24.6 Å². The first-order valence-corrected chi connectivity index (χ1v) is 14.4. The van der Waals surface area contributed by atoms with Crippen LogP contribution in [0.3, 0.4) is 0 Å². The van der Waals surface area contributed by atoms with E-state index in [0.29, 0.717) is 56.6 Å². The van der Waals surface area contributed by atoms with Gasteiger partial charge in [0.15, 0.2) is 0 Å². The van der Waals surface area contributed by atoms with Crippen molar-refractivity contribution in [1.29, 1.82) is 0 Å². The number of nitrogens with zero attached hydrogens (tertiary/aromatic N) is 7. The van der Waals surface area contributed by atoms with Crippen molar-refractivity contribution in [3.8, 4) is 0 Å². The zero-order chi connectivity index (χ0) is 28.2. The first-order valence-electron chi connectivity index (χ1n) is 14.4. The molecule has 2 aromatic rings. The first-order chi connectivity index (χ1) is 19.2. The Balaban J connectivity index is 1.21. The van der Waals surface area contributed by atoms with Gasteiger partial charge in [-0.3, -0.25) is 14.4 Å². The molecule has 4 aliphatic rings. The Kier molecular flexibility index (Phi) is 7.06. The lowest BCUT2D eigenvalue weighted by Gasteiger charge is -2.54. The van der Waals surface area contributed by atoms with Crippen LogP contribution >= 0.6 is 0 Å². The van der Waals surface area contributed by atoms with E-state index in [4.69, 9.17) is 4.74 Å². The number of hydrogen-bond acceptors (Lipinski definition) is 7. The molecule has 0 aromatic carbocycles. The van der Waals surface area contributed by atoms with E-state index < -0.39 is 12.0 Å². The second-order valence-electron chi connectivity index (χ2n) is 11.7. The lowest BCUT2D eigenvalue weighted by Crippen LogP contribution is -2.65. The van der Waals surface area contributed by atoms with Crippen molar-refractivity contribution < 1.29 is 18.3 Å². The SMILES string of the molecule is C=CC(=O)N1CCN(C2CN(c3cc(N4CC5(C4)OC(C)Cn4ncc(C)c45)nc(C(F)F)c3CCC)C2)CC1. The predicted molar refractivity (Wildman–Crippen MR) is 149 cm³/mol. The van der Waals surface area contributed by atoms with E-state index >= 15 is 0 Å². The molecule has 216 valence electrons. The Morgan fingerprint density at radius 2 is 1.93 bits per heavy atom. The second-order valence-corrected chi connectivity index (χ2v) is 11.7. The van der Waals surface area contributed by atoms with Crippen LogP contribution in [0.2, 0.25) is 0 Å². The third kappa shape index (κ3) is 4.56. The maximum atomic E-state index is 14.4. The number of aryl methyl sites for hydroxylation is 1. The van der Waals surface area contributed by atoms with Crippen LogP contribution < -0.4 is 9.80 Å². The van der Waals surface area contributed by atoms with Crippen LogP contribution in [0.25, 0.3) is 0 Å². The Hall–Kier alpha value is -3.05. The largest absolute Gasteiger partial charge is 0.368 e. The predicted octanol–water partition coefficient (Wildman–Crippen LogP) is 3.13. The highest BCUT2D eigenvalue weighted by Crippen LogP contribution is 2.45. The van der Waals surface area contributed by atoms with Gasteiger partial charge in [0.05, 0.1) is 37.6 Å². The van der Waals surface area contributed by atoms with Crippen molar-refractivity contribution in [3.05, 3.63) is 47.4 Å². The number of anilines is 2. The average molecular weight is 556 g/mol. The minimum atomic E-state index is -2.64. The van der Waals surface area contributed by atoms with E-state index in [1.807, 2.05) is 42.6 Å². The van der Waals surface area contributed by atoms with Crippen LogP contribution in [0.4, 0.5) is 20.3 Å². The van der Waals surface area contributed by atoms with E-state index in [1.165, 1.54) is 6.08 Å². The Bertz CT molecular complexity index is 1280. The summed E-state index contributed by atoms with van der Waals surface area (Å²) in [6.45, 7) is 16.1. The van der Waals surface area contributed by atoms with Crippen molar-refractivity contribution in [2.75, 3.05) is 62.2 Å². The topological polar surface area (TPSA) is 70.0 Å². The van der Waals surface area contributed by atoms with Gasteiger partial charge < -0.3 is 19.4 Å². The molecule has 0 N–H and O–H groups in total. The zero-order valence-electron chi connectivity index (χ0n) is 23.7. The summed E-state index contributed by atoms with van der Waals surface area (Å²) in [4.78, 5) is 25.0. The number of rotatable bonds is 7. The van der Waals surface area contributed by atoms with Crippen LogP contribution in [-0.4, -0.2) is 95.0 Å². The van der Waals surface area contributed by atoms with Gasteiger partial charge in [0.25, 0.3) is 6.43 Å². The number of halogens is 2. The first kappa shape index (κ1) is 27.1. The van der Waals surface area contributed by atoms with E-state index in [2.05, 4.69) is 31.4 Å². The number of carbonyl (C=O) groups excluding carboxylic acids is 1. The number of alkyl halides is 2. The lowest BCUT2D eigenvalue weighted by molar-refractivity contribution is -0.139. The minimum Gasteiger partial charge on any atom is -0.368 e. The molecule has 3 fully saturated rings. The molecule has 11 heteroatoms. The molecular formula is C29H39F2N7O2. The van der Waals surface area contributed by atoms with E-state index in [9.17, 15) is 13.6 Å². The van der Waals surface area contributed by atoms with Gasteiger partial charge in [0.1, 0.15) is 17.1 Å². The van der Waals surface area contributed by atoms with E-state index in [-0.39, 0.29) is 17.7 Å². The molecule has 0 saturated carbocycles. The third-order valence-corrected chi connectivity index (χ3v) is 8.87. The summed E-state index contributed by atoms with van der Waals surface area (Å²) in [5.74, 6) is 0.560. The lowest BCUT2D eigenvalue weighted by atomic mass is 9.86. The molecule has 1 atom stereocenters. The van der Waals surface area contributed by atoms with Crippen molar-refractivity contribution >= 4 is 17.4 Å². The quantitative estimate of drug-likeness (QED) is 0.487. The summed E-state index contributed by atoms with van der Waals surface area (Å²) in [7, 11) is 0. The number of hydrogen-bond donors (Lipinski definition) is 0. The van der Waals surface area contributed by atoms with Crippen LogP contribution in [0, 0.1) is 6.92 Å². The van der Waals surface area contributed by atoms with Gasteiger partial charge in [0.2, 0.25) is 5.91 Å². The highest BCUT2D eigenvalue weighted by molar-refractivity contribution is 5.87. The molecule has 0 radical (unpaired) electrons. The molecule has 4 aliphatic heterocycles. The molecular weight excluding hydrogens is 516 g/mol. The summed E-state index contributed by atoms with van der Waals surface area (Å²) in [6.07, 6.45) is 1.96. The molecule has 6 rings (SSSR count). The number of ether oxygens (including phenoxy) is 1. The summed E-state index contributed by atoms with van der Waals surface area (Å²) < 4.78 is 37.3. The van der Waals surface area contributed by atoms with Gasteiger partial charge in [0, 0.05) is 62.6 Å². The second kappa shape index (κ2) is 10.4. The highest BCUT2D eigenvalue weighted by atomic mass is 19.3. The summed E-state index contributed by atoms with van der Waals surface area (Å²) in [5, 5.41) is 4.54. The molecule has 9 nitrogen and oxygen atoms in total. The van der Waals surface area contributed by atoms with Gasteiger partial charge in [-0.25, -0.2) is 13.8 Å². The molecule has 1 spiro atoms. The number of amides is 1. The van der Waals surface area contributed by atoms with Crippen LogP contribution in [0.1, 0.15) is 49.2 Å². The van der Waals surface area contributed by atoms with Gasteiger partial charge in [-0.05, 0) is 31.9 Å². The third-order valence-electron chi connectivity index (χ3n) is 8.87. The molecule has 0 bridgehead atoms. The van der Waals surface area contributed by atoms with Crippen molar-refractivity contribution in [2.45, 2.75) is 64.3 Å². The Morgan fingerprint density at radius 3 is 2.58 bits per heavy atom. The van der Waals surface area contributed by atoms with Crippen molar-refractivity contribution in [3.63, 3.8) is 0 Å². The highest BCUT2D eigenvalue weighted by Gasteiger charge is 2.52. The van der Waals surface area contributed by atoms with Crippen LogP contribution in [-0.2, 0) is 28.1 Å².